The number of carbonyl (C=O) groups excluding carboxylic acids is 2. The normalized spacial score (nSPS) is 10.3. The van der Waals surface area contributed by atoms with E-state index in [1.54, 1.807) is 0 Å². The first-order chi connectivity index (χ1) is 9.97. The molecule has 6 nitrogen and oxygen atoms in total. The SMILES string of the molecule is CCCCN(C)c1sc(C(=O)NCC)c(N)c1C(=O)OC. The van der Waals surface area contributed by atoms with Crippen LogP contribution in [0.5, 0.6) is 0 Å². The Morgan fingerprint density at radius 2 is 2.05 bits per heavy atom. The lowest BCUT2D eigenvalue weighted by atomic mass is 10.2. The van der Waals surface area contributed by atoms with Crippen molar-refractivity contribution < 1.29 is 14.3 Å². The number of carbonyl (C=O) groups is 2. The predicted octanol–water partition coefficient (Wildman–Crippen LogP) is 2.10. The van der Waals surface area contributed by atoms with E-state index in [0.717, 1.165) is 19.4 Å². The maximum Gasteiger partial charge on any atom is 0.343 e. The van der Waals surface area contributed by atoms with Gasteiger partial charge in [0.05, 0.1) is 12.8 Å². The summed E-state index contributed by atoms with van der Waals surface area (Å²) >= 11 is 1.22. The average Bonchev–Trinajstić information content (AvgIpc) is 2.82. The number of hydrogen-bond donors (Lipinski definition) is 2. The third-order valence-corrected chi connectivity index (χ3v) is 4.37. The molecule has 1 aromatic heterocycles. The molecule has 21 heavy (non-hydrogen) atoms. The Hall–Kier alpha value is -1.76. The Morgan fingerprint density at radius 1 is 1.38 bits per heavy atom. The van der Waals surface area contributed by atoms with Crippen LogP contribution in [-0.2, 0) is 4.74 Å². The standard InChI is InChI=1S/C14H23N3O3S/c1-5-7-8-17(3)13-9(14(19)20-4)10(15)11(21-13)12(18)16-6-2/h5-8,15H2,1-4H3,(H,16,18). The summed E-state index contributed by atoms with van der Waals surface area (Å²) in [5.41, 5.74) is 6.47. The fraction of sp³-hybridized carbons (Fsp3) is 0.571. The lowest BCUT2D eigenvalue weighted by molar-refractivity contribution is 0.0603. The number of nitrogen functional groups attached to an aromatic ring is 1. The van der Waals surface area contributed by atoms with Crippen LogP contribution in [0.15, 0.2) is 0 Å². The van der Waals surface area contributed by atoms with Crippen molar-refractivity contribution >= 4 is 33.9 Å². The molecule has 0 radical (unpaired) electrons. The van der Waals surface area contributed by atoms with Gasteiger partial charge in [0.2, 0.25) is 0 Å². The highest BCUT2D eigenvalue weighted by Gasteiger charge is 2.27. The second-order valence-electron chi connectivity index (χ2n) is 4.65. The molecule has 7 heteroatoms. The van der Waals surface area contributed by atoms with Crippen molar-refractivity contribution in [3.63, 3.8) is 0 Å². The minimum Gasteiger partial charge on any atom is -0.465 e. The number of esters is 1. The van der Waals surface area contributed by atoms with Gasteiger partial charge in [-0.25, -0.2) is 4.79 Å². The number of unbranched alkanes of at least 4 members (excludes halogenated alkanes) is 1. The molecule has 0 bridgehead atoms. The molecule has 1 aromatic rings. The summed E-state index contributed by atoms with van der Waals surface area (Å²) in [4.78, 5) is 26.3. The summed E-state index contributed by atoms with van der Waals surface area (Å²) in [5.74, 6) is -0.780. The molecule has 0 atom stereocenters. The molecule has 0 spiro atoms. The van der Waals surface area contributed by atoms with Gasteiger partial charge in [0.1, 0.15) is 15.4 Å². The highest BCUT2D eigenvalue weighted by molar-refractivity contribution is 7.19. The molecular weight excluding hydrogens is 290 g/mol. The van der Waals surface area contributed by atoms with Crippen LogP contribution < -0.4 is 16.0 Å². The molecule has 1 heterocycles. The van der Waals surface area contributed by atoms with Crippen molar-refractivity contribution in [3.8, 4) is 0 Å². The van der Waals surface area contributed by atoms with E-state index in [9.17, 15) is 9.59 Å². The Morgan fingerprint density at radius 3 is 2.57 bits per heavy atom. The lowest BCUT2D eigenvalue weighted by Crippen LogP contribution is -2.22. The quantitative estimate of drug-likeness (QED) is 0.753. The Labute approximate surface area is 129 Å². The Balaban J connectivity index is 3.24. The monoisotopic (exact) mass is 313 g/mol. The van der Waals surface area contributed by atoms with Gasteiger partial charge < -0.3 is 20.7 Å². The van der Waals surface area contributed by atoms with E-state index in [-0.39, 0.29) is 17.2 Å². The molecule has 0 aliphatic heterocycles. The zero-order chi connectivity index (χ0) is 16.0. The number of methoxy groups -OCH3 is 1. The summed E-state index contributed by atoms with van der Waals surface area (Å²) < 4.78 is 4.79. The molecule has 1 amide bonds. The molecular formula is C14H23N3O3S. The zero-order valence-corrected chi connectivity index (χ0v) is 13.8. The van der Waals surface area contributed by atoms with E-state index in [1.165, 1.54) is 18.4 Å². The van der Waals surface area contributed by atoms with Crippen LogP contribution in [0, 0.1) is 0 Å². The van der Waals surface area contributed by atoms with Crippen LogP contribution in [0.2, 0.25) is 0 Å². The minimum atomic E-state index is -0.516. The Kier molecular flexibility index (Phi) is 6.48. The maximum absolute atomic E-state index is 12.0. The lowest BCUT2D eigenvalue weighted by Gasteiger charge is -2.18. The smallest absolute Gasteiger partial charge is 0.343 e. The predicted molar refractivity (Wildman–Crippen MR) is 86.3 cm³/mol. The third-order valence-electron chi connectivity index (χ3n) is 3.05. The summed E-state index contributed by atoms with van der Waals surface area (Å²) in [5, 5.41) is 3.38. The molecule has 0 saturated heterocycles. The topological polar surface area (TPSA) is 84.7 Å². The minimum absolute atomic E-state index is 0.191. The fourth-order valence-electron chi connectivity index (χ4n) is 1.91. The van der Waals surface area contributed by atoms with E-state index in [2.05, 4.69) is 12.2 Å². The Bertz CT molecular complexity index is 514. The van der Waals surface area contributed by atoms with Gasteiger partial charge in [-0.15, -0.1) is 11.3 Å². The van der Waals surface area contributed by atoms with Gasteiger partial charge in [0.15, 0.2) is 0 Å². The van der Waals surface area contributed by atoms with Crippen LogP contribution in [0.1, 0.15) is 46.7 Å². The number of anilines is 2. The van der Waals surface area contributed by atoms with Gasteiger partial charge >= 0.3 is 5.97 Å². The van der Waals surface area contributed by atoms with Crippen molar-refractivity contribution in [1.82, 2.24) is 5.32 Å². The number of amides is 1. The average molecular weight is 313 g/mol. The van der Waals surface area contributed by atoms with E-state index in [0.29, 0.717) is 16.4 Å². The van der Waals surface area contributed by atoms with Crippen molar-refractivity contribution in [2.75, 3.05) is 37.9 Å². The molecule has 0 saturated carbocycles. The number of nitrogens with zero attached hydrogens (tertiary/aromatic N) is 1. The van der Waals surface area contributed by atoms with Crippen molar-refractivity contribution in [2.45, 2.75) is 26.7 Å². The van der Waals surface area contributed by atoms with Gasteiger partial charge in [-0.2, -0.15) is 0 Å². The van der Waals surface area contributed by atoms with Crippen LogP contribution in [0.25, 0.3) is 0 Å². The van der Waals surface area contributed by atoms with Gasteiger partial charge in [-0.05, 0) is 13.3 Å². The van der Waals surface area contributed by atoms with E-state index >= 15 is 0 Å². The van der Waals surface area contributed by atoms with Gasteiger partial charge in [-0.3, -0.25) is 4.79 Å². The van der Waals surface area contributed by atoms with Crippen LogP contribution in [0.4, 0.5) is 10.7 Å². The van der Waals surface area contributed by atoms with Gasteiger partial charge in [0.25, 0.3) is 5.91 Å². The van der Waals surface area contributed by atoms with E-state index in [4.69, 9.17) is 10.5 Å². The van der Waals surface area contributed by atoms with Crippen molar-refractivity contribution in [1.29, 1.82) is 0 Å². The first-order valence-corrected chi connectivity index (χ1v) is 7.79. The summed E-state index contributed by atoms with van der Waals surface area (Å²) in [6, 6.07) is 0. The highest BCUT2D eigenvalue weighted by Crippen LogP contribution is 2.38. The molecule has 0 aromatic carbocycles. The van der Waals surface area contributed by atoms with Gasteiger partial charge in [0, 0.05) is 20.1 Å². The van der Waals surface area contributed by atoms with Crippen LogP contribution in [-0.4, -0.2) is 39.1 Å². The van der Waals surface area contributed by atoms with Crippen LogP contribution >= 0.6 is 11.3 Å². The second-order valence-corrected chi connectivity index (χ2v) is 5.65. The number of rotatable bonds is 7. The molecule has 1 rings (SSSR count). The van der Waals surface area contributed by atoms with Crippen molar-refractivity contribution in [3.05, 3.63) is 10.4 Å². The van der Waals surface area contributed by atoms with E-state index < -0.39 is 5.97 Å². The molecule has 0 fully saturated rings. The second kappa shape index (κ2) is 7.87. The summed E-state index contributed by atoms with van der Waals surface area (Å²) in [6.45, 7) is 5.22. The summed E-state index contributed by atoms with van der Waals surface area (Å²) in [6.07, 6.45) is 2.04. The molecule has 3 N–H and O–H groups in total. The first-order valence-electron chi connectivity index (χ1n) is 6.97. The number of nitrogens with one attached hydrogen (secondary N) is 1. The number of nitrogens with two attached hydrogens (primary N) is 1. The third kappa shape index (κ3) is 3.87. The molecule has 0 unspecified atom stereocenters. The first kappa shape index (κ1) is 17.3. The molecule has 0 aliphatic carbocycles. The van der Waals surface area contributed by atoms with Gasteiger partial charge in [-0.1, -0.05) is 13.3 Å². The number of ether oxygens (including phenoxy) is 1. The number of thiophene rings is 1. The number of hydrogen-bond acceptors (Lipinski definition) is 6. The summed E-state index contributed by atoms with van der Waals surface area (Å²) in [7, 11) is 3.19. The molecule has 118 valence electrons. The largest absolute Gasteiger partial charge is 0.465 e. The fourth-order valence-corrected chi connectivity index (χ4v) is 3.02. The zero-order valence-electron chi connectivity index (χ0n) is 13.0. The van der Waals surface area contributed by atoms with E-state index in [1.807, 2.05) is 18.9 Å². The van der Waals surface area contributed by atoms with Crippen molar-refractivity contribution in [2.24, 2.45) is 0 Å². The highest BCUT2D eigenvalue weighted by atomic mass is 32.1. The maximum atomic E-state index is 12.0. The molecule has 0 aliphatic rings. The van der Waals surface area contributed by atoms with Crippen LogP contribution in [0.3, 0.4) is 0 Å².